The van der Waals surface area contributed by atoms with E-state index in [9.17, 15) is 14.4 Å². The molecule has 1 aliphatic heterocycles. The third kappa shape index (κ3) is 3.03. The van der Waals surface area contributed by atoms with E-state index in [0.29, 0.717) is 27.9 Å². The van der Waals surface area contributed by atoms with Crippen molar-refractivity contribution in [3.8, 4) is 5.69 Å². The van der Waals surface area contributed by atoms with E-state index >= 15 is 0 Å². The van der Waals surface area contributed by atoms with Crippen LogP contribution in [-0.4, -0.2) is 32.8 Å². The summed E-state index contributed by atoms with van der Waals surface area (Å²) in [5.74, 6) is -1.04. The summed E-state index contributed by atoms with van der Waals surface area (Å²) in [6.45, 7) is 1.73. The summed E-state index contributed by atoms with van der Waals surface area (Å²) in [5.41, 5.74) is 1.96. The number of amides is 2. The number of halogens is 1. The molecular formula is C23H15BrN4O3. The van der Waals surface area contributed by atoms with E-state index < -0.39 is 11.8 Å². The van der Waals surface area contributed by atoms with Crippen molar-refractivity contribution in [2.45, 2.75) is 6.92 Å². The predicted molar refractivity (Wildman–Crippen MR) is 121 cm³/mol. The van der Waals surface area contributed by atoms with Crippen molar-refractivity contribution in [1.29, 1.82) is 0 Å². The standard InChI is InChI=1S/C23H15BrN4O3/c1-13-19(23(31)27(26-13)16-10-8-15(24)9-11-16)12-25-28-21(29)17-6-2-4-14-5-3-7-18(20(14)17)22(28)30/h2-12,26H,1H3. The lowest BCUT2D eigenvalue weighted by Gasteiger charge is -2.22. The summed E-state index contributed by atoms with van der Waals surface area (Å²) < 4.78 is 2.28. The number of nitrogens with zero attached hydrogens (tertiary/aromatic N) is 3. The van der Waals surface area contributed by atoms with E-state index in [1.165, 1.54) is 10.9 Å². The molecule has 0 atom stereocenters. The zero-order valence-corrected chi connectivity index (χ0v) is 17.9. The Morgan fingerprint density at radius 3 is 2.13 bits per heavy atom. The average Bonchev–Trinajstić information content (AvgIpc) is 3.06. The first-order valence-corrected chi connectivity index (χ1v) is 10.3. The molecule has 4 aromatic rings. The zero-order valence-electron chi connectivity index (χ0n) is 16.3. The molecule has 0 unspecified atom stereocenters. The van der Waals surface area contributed by atoms with E-state index in [0.717, 1.165) is 14.9 Å². The molecule has 3 aromatic carbocycles. The lowest BCUT2D eigenvalue weighted by Crippen LogP contribution is -2.36. The molecule has 7 nitrogen and oxygen atoms in total. The summed E-state index contributed by atoms with van der Waals surface area (Å²) in [6, 6.07) is 17.8. The molecule has 31 heavy (non-hydrogen) atoms. The third-order valence-electron chi connectivity index (χ3n) is 5.25. The molecule has 152 valence electrons. The highest BCUT2D eigenvalue weighted by Gasteiger charge is 2.32. The molecule has 1 aliphatic rings. The first kappa shape index (κ1) is 19.2. The quantitative estimate of drug-likeness (QED) is 0.359. The van der Waals surface area contributed by atoms with Crippen LogP contribution in [0.3, 0.4) is 0 Å². The van der Waals surface area contributed by atoms with E-state index in [1.807, 2.05) is 24.3 Å². The van der Waals surface area contributed by atoms with E-state index in [2.05, 4.69) is 26.1 Å². The Morgan fingerprint density at radius 1 is 0.903 bits per heavy atom. The van der Waals surface area contributed by atoms with Gasteiger partial charge in [-0.05, 0) is 48.7 Å². The summed E-state index contributed by atoms with van der Waals surface area (Å²) >= 11 is 3.37. The Hall–Kier alpha value is -3.78. The number of hydrogen-bond acceptors (Lipinski definition) is 4. The second kappa shape index (κ2) is 7.17. The number of aromatic nitrogens is 2. The molecule has 2 heterocycles. The number of imide groups is 1. The molecular weight excluding hydrogens is 460 g/mol. The maximum atomic E-state index is 13.0. The normalized spacial score (nSPS) is 13.5. The maximum Gasteiger partial charge on any atom is 0.282 e. The summed E-state index contributed by atoms with van der Waals surface area (Å²) in [7, 11) is 0. The molecule has 0 saturated heterocycles. The van der Waals surface area contributed by atoms with Gasteiger partial charge in [0, 0.05) is 15.6 Å². The molecule has 1 aromatic heterocycles. The largest absolute Gasteiger partial charge is 0.295 e. The topological polar surface area (TPSA) is 87.5 Å². The minimum Gasteiger partial charge on any atom is -0.295 e. The van der Waals surface area contributed by atoms with Crippen LogP contribution in [0.2, 0.25) is 0 Å². The average molecular weight is 475 g/mol. The fourth-order valence-electron chi connectivity index (χ4n) is 3.72. The van der Waals surface area contributed by atoms with Gasteiger partial charge < -0.3 is 0 Å². The van der Waals surface area contributed by atoms with Crippen molar-refractivity contribution in [1.82, 2.24) is 14.8 Å². The van der Waals surface area contributed by atoms with Gasteiger partial charge in [-0.1, -0.05) is 40.2 Å². The minimum atomic E-state index is -0.521. The molecule has 5 rings (SSSR count). The van der Waals surface area contributed by atoms with Crippen LogP contribution in [0.15, 0.2) is 75.0 Å². The number of carbonyl (C=O) groups excluding carboxylic acids is 2. The Bertz CT molecular complexity index is 1410. The number of nitrogens with one attached hydrogen (secondary N) is 1. The van der Waals surface area contributed by atoms with Crippen molar-refractivity contribution in [2.75, 3.05) is 0 Å². The number of hydrazone groups is 1. The van der Waals surface area contributed by atoms with Crippen molar-refractivity contribution >= 4 is 44.7 Å². The first-order chi connectivity index (χ1) is 15.0. The van der Waals surface area contributed by atoms with Gasteiger partial charge in [0.05, 0.1) is 28.6 Å². The number of H-pyrrole nitrogens is 1. The first-order valence-electron chi connectivity index (χ1n) is 9.48. The van der Waals surface area contributed by atoms with Gasteiger partial charge in [-0.2, -0.15) is 10.1 Å². The number of carbonyl (C=O) groups is 2. The van der Waals surface area contributed by atoms with Gasteiger partial charge in [0.25, 0.3) is 17.4 Å². The van der Waals surface area contributed by atoms with Crippen LogP contribution in [0.25, 0.3) is 16.5 Å². The predicted octanol–water partition coefficient (Wildman–Crippen LogP) is 4.02. The fourth-order valence-corrected chi connectivity index (χ4v) is 3.99. The van der Waals surface area contributed by atoms with Crippen LogP contribution in [-0.2, 0) is 0 Å². The van der Waals surface area contributed by atoms with Gasteiger partial charge >= 0.3 is 0 Å². The Kier molecular flexibility index (Phi) is 4.44. The molecule has 1 N–H and O–H groups in total. The lowest BCUT2D eigenvalue weighted by molar-refractivity contribution is 0.0616. The van der Waals surface area contributed by atoms with Crippen molar-refractivity contribution in [2.24, 2.45) is 5.10 Å². The smallest absolute Gasteiger partial charge is 0.282 e. The van der Waals surface area contributed by atoms with Crippen LogP contribution in [0, 0.1) is 6.92 Å². The Balaban J connectivity index is 1.55. The van der Waals surface area contributed by atoms with Gasteiger partial charge in [-0.3, -0.25) is 19.5 Å². The monoisotopic (exact) mass is 474 g/mol. The van der Waals surface area contributed by atoms with Crippen molar-refractivity contribution in [3.63, 3.8) is 0 Å². The van der Waals surface area contributed by atoms with Gasteiger partial charge in [-0.25, -0.2) is 4.68 Å². The number of rotatable bonds is 3. The van der Waals surface area contributed by atoms with Crippen LogP contribution < -0.4 is 5.56 Å². The highest BCUT2D eigenvalue weighted by atomic mass is 79.9. The van der Waals surface area contributed by atoms with Crippen LogP contribution in [0.1, 0.15) is 32.0 Å². The van der Waals surface area contributed by atoms with Crippen LogP contribution in [0.4, 0.5) is 0 Å². The fraction of sp³-hybridized carbons (Fsp3) is 0.0435. The molecule has 0 aliphatic carbocycles. The van der Waals surface area contributed by atoms with Crippen LogP contribution >= 0.6 is 15.9 Å². The second-order valence-electron chi connectivity index (χ2n) is 7.14. The van der Waals surface area contributed by atoms with E-state index in [-0.39, 0.29) is 11.1 Å². The minimum absolute atomic E-state index is 0.264. The Labute approximate surface area is 184 Å². The molecule has 0 bridgehead atoms. The van der Waals surface area contributed by atoms with Gasteiger partial charge in [0.2, 0.25) is 0 Å². The third-order valence-corrected chi connectivity index (χ3v) is 5.78. The SMILES string of the molecule is Cc1[nH]n(-c2ccc(Br)cc2)c(=O)c1C=NN1C(=O)c2cccc3cccc(c23)C1=O. The number of benzene rings is 3. The van der Waals surface area contributed by atoms with Crippen LogP contribution in [0.5, 0.6) is 0 Å². The highest BCUT2D eigenvalue weighted by Crippen LogP contribution is 2.30. The van der Waals surface area contributed by atoms with Crippen molar-refractivity contribution < 1.29 is 9.59 Å². The number of hydrogen-bond donors (Lipinski definition) is 1. The van der Waals surface area contributed by atoms with Gasteiger partial charge in [0.1, 0.15) is 0 Å². The van der Waals surface area contributed by atoms with Crippen molar-refractivity contribution in [3.05, 3.63) is 97.9 Å². The summed E-state index contributed by atoms with van der Waals surface area (Å²) in [5, 5.41) is 9.37. The van der Waals surface area contributed by atoms with E-state index in [4.69, 9.17) is 0 Å². The lowest BCUT2D eigenvalue weighted by atomic mass is 9.95. The summed E-state index contributed by atoms with van der Waals surface area (Å²) in [4.78, 5) is 38.8. The number of aromatic amines is 1. The molecule has 2 amide bonds. The molecule has 0 saturated carbocycles. The highest BCUT2D eigenvalue weighted by molar-refractivity contribution is 9.10. The Morgan fingerprint density at radius 2 is 1.52 bits per heavy atom. The molecule has 0 spiro atoms. The maximum absolute atomic E-state index is 13.0. The molecule has 0 fully saturated rings. The molecule has 0 radical (unpaired) electrons. The zero-order chi connectivity index (χ0) is 21.7. The van der Waals surface area contributed by atoms with E-state index in [1.54, 1.807) is 43.3 Å². The van der Waals surface area contributed by atoms with Gasteiger partial charge in [0.15, 0.2) is 0 Å². The summed E-state index contributed by atoms with van der Waals surface area (Å²) in [6.07, 6.45) is 1.26. The van der Waals surface area contributed by atoms with Gasteiger partial charge in [-0.15, -0.1) is 0 Å². The molecule has 8 heteroatoms. The number of aryl methyl sites for hydroxylation is 1. The second-order valence-corrected chi connectivity index (χ2v) is 8.06.